The first-order chi connectivity index (χ1) is 13.9. The number of hydrogen-bond acceptors (Lipinski definition) is 6. The fourth-order valence-electron chi connectivity index (χ4n) is 3.50. The Hall–Kier alpha value is -2.85. The van der Waals surface area contributed by atoms with Gasteiger partial charge in [-0.2, -0.15) is 4.31 Å². The van der Waals surface area contributed by atoms with Gasteiger partial charge in [-0.25, -0.2) is 18.4 Å². The van der Waals surface area contributed by atoms with Gasteiger partial charge in [0.05, 0.1) is 18.3 Å². The molecule has 0 N–H and O–H groups in total. The van der Waals surface area contributed by atoms with Crippen LogP contribution in [0.3, 0.4) is 0 Å². The molecule has 4 rings (SSSR count). The van der Waals surface area contributed by atoms with Crippen LogP contribution >= 0.6 is 0 Å². The smallest absolute Gasteiger partial charge is 0.262 e. The Balaban J connectivity index is 1.40. The van der Waals surface area contributed by atoms with Crippen LogP contribution < -0.4 is 5.56 Å². The van der Waals surface area contributed by atoms with Crippen molar-refractivity contribution in [2.45, 2.75) is 24.4 Å². The third-order valence-corrected chi connectivity index (χ3v) is 6.93. The Morgan fingerprint density at radius 3 is 2.59 bits per heavy atom. The van der Waals surface area contributed by atoms with E-state index in [9.17, 15) is 13.2 Å². The highest BCUT2D eigenvalue weighted by molar-refractivity contribution is 7.89. The SMILES string of the molecule is Cn1cnc(S(=O)(=O)N2CCC(Cn3cnc(-c4cccnc4)cc3=O)CC2)c1. The lowest BCUT2D eigenvalue weighted by Crippen LogP contribution is -2.40. The number of aromatic nitrogens is 5. The van der Waals surface area contributed by atoms with Gasteiger partial charge in [0.25, 0.3) is 15.6 Å². The summed E-state index contributed by atoms with van der Waals surface area (Å²) in [6.45, 7) is 1.36. The second kappa shape index (κ2) is 7.88. The molecule has 29 heavy (non-hydrogen) atoms. The minimum Gasteiger partial charge on any atom is -0.339 e. The van der Waals surface area contributed by atoms with Crippen molar-refractivity contribution in [1.29, 1.82) is 0 Å². The van der Waals surface area contributed by atoms with Crippen LogP contribution in [0.1, 0.15) is 12.8 Å². The molecular weight excluding hydrogens is 392 g/mol. The Morgan fingerprint density at radius 2 is 1.97 bits per heavy atom. The normalized spacial score (nSPS) is 16.2. The van der Waals surface area contributed by atoms with E-state index in [1.165, 1.54) is 22.9 Å². The number of nitrogens with zero attached hydrogens (tertiary/aromatic N) is 6. The van der Waals surface area contributed by atoms with Crippen LogP contribution in [0.25, 0.3) is 11.3 Å². The molecule has 0 unspecified atom stereocenters. The Morgan fingerprint density at radius 1 is 1.17 bits per heavy atom. The molecule has 1 aliphatic rings. The molecule has 10 heteroatoms. The maximum atomic E-state index is 12.7. The summed E-state index contributed by atoms with van der Waals surface area (Å²) in [5, 5.41) is 0.0739. The molecule has 0 amide bonds. The van der Waals surface area contributed by atoms with Crippen molar-refractivity contribution < 1.29 is 8.42 Å². The summed E-state index contributed by atoms with van der Waals surface area (Å²) >= 11 is 0. The molecule has 1 aliphatic heterocycles. The van der Waals surface area contributed by atoms with Gasteiger partial charge in [-0.05, 0) is 30.9 Å². The van der Waals surface area contributed by atoms with Crippen LogP contribution in [-0.2, 0) is 23.6 Å². The van der Waals surface area contributed by atoms with E-state index in [0.717, 1.165) is 5.56 Å². The summed E-state index contributed by atoms with van der Waals surface area (Å²) in [6, 6.07) is 5.17. The van der Waals surface area contributed by atoms with Gasteiger partial charge in [0.1, 0.15) is 0 Å². The van der Waals surface area contributed by atoms with E-state index in [4.69, 9.17) is 0 Å². The summed E-state index contributed by atoms with van der Waals surface area (Å²) in [7, 11) is -1.83. The van der Waals surface area contributed by atoms with Crippen molar-refractivity contribution in [3.8, 4) is 11.3 Å². The molecule has 3 aromatic heterocycles. The Bertz CT molecular complexity index is 1150. The van der Waals surface area contributed by atoms with Crippen molar-refractivity contribution in [2.24, 2.45) is 13.0 Å². The number of aryl methyl sites for hydroxylation is 1. The van der Waals surface area contributed by atoms with E-state index >= 15 is 0 Å². The minimum absolute atomic E-state index is 0.0739. The molecule has 0 aliphatic carbocycles. The lowest BCUT2D eigenvalue weighted by molar-refractivity contribution is 0.250. The molecule has 9 nitrogen and oxygen atoms in total. The quantitative estimate of drug-likeness (QED) is 0.620. The maximum absolute atomic E-state index is 12.7. The largest absolute Gasteiger partial charge is 0.339 e. The maximum Gasteiger partial charge on any atom is 0.262 e. The first-order valence-corrected chi connectivity index (χ1v) is 10.8. The molecule has 0 atom stereocenters. The molecule has 0 saturated carbocycles. The fraction of sp³-hybridized carbons (Fsp3) is 0.368. The Kier molecular flexibility index (Phi) is 5.29. The van der Waals surface area contributed by atoms with Gasteiger partial charge in [0.2, 0.25) is 0 Å². The van der Waals surface area contributed by atoms with Gasteiger partial charge in [0, 0.05) is 56.9 Å². The molecule has 1 fully saturated rings. The molecule has 0 radical (unpaired) electrons. The number of rotatable bonds is 5. The average Bonchev–Trinajstić information content (AvgIpc) is 3.18. The number of sulfonamides is 1. The van der Waals surface area contributed by atoms with Crippen LogP contribution in [0.2, 0.25) is 0 Å². The van der Waals surface area contributed by atoms with Crippen molar-refractivity contribution in [1.82, 2.24) is 28.4 Å². The number of imidazole rings is 1. The second-order valence-corrected chi connectivity index (χ2v) is 9.12. The summed E-state index contributed by atoms with van der Waals surface area (Å²) in [6.07, 6.45) is 9.26. The second-order valence-electron chi connectivity index (χ2n) is 7.23. The zero-order valence-electron chi connectivity index (χ0n) is 16.0. The standard InChI is InChI=1S/C19H22N6O3S/c1-23-12-18(22-13-23)29(27,28)25-7-4-15(5-8-25)11-24-14-21-17(9-19(24)26)16-3-2-6-20-10-16/h2-3,6,9-10,12-15H,4-5,7-8,11H2,1H3. The summed E-state index contributed by atoms with van der Waals surface area (Å²) < 4.78 is 30.0. The zero-order valence-corrected chi connectivity index (χ0v) is 16.9. The Labute approximate surface area is 168 Å². The van der Waals surface area contributed by atoms with Crippen molar-refractivity contribution in [3.05, 3.63) is 59.8 Å². The third-order valence-electron chi connectivity index (χ3n) is 5.15. The third kappa shape index (κ3) is 4.13. The van der Waals surface area contributed by atoms with Crippen molar-refractivity contribution >= 4 is 10.0 Å². The lowest BCUT2D eigenvalue weighted by Gasteiger charge is -2.30. The van der Waals surface area contributed by atoms with Crippen LogP contribution in [0.4, 0.5) is 0 Å². The molecule has 0 spiro atoms. The lowest BCUT2D eigenvalue weighted by atomic mass is 9.98. The van der Waals surface area contributed by atoms with E-state index in [-0.39, 0.29) is 16.5 Å². The van der Waals surface area contributed by atoms with Crippen molar-refractivity contribution in [2.75, 3.05) is 13.1 Å². The van der Waals surface area contributed by atoms with Crippen LogP contribution in [-0.4, -0.2) is 49.9 Å². The van der Waals surface area contributed by atoms with Gasteiger partial charge in [0.15, 0.2) is 5.03 Å². The predicted octanol–water partition coefficient (Wildman–Crippen LogP) is 1.14. The highest BCUT2D eigenvalue weighted by Gasteiger charge is 2.31. The topological polar surface area (TPSA) is 103 Å². The van der Waals surface area contributed by atoms with Gasteiger partial charge < -0.3 is 4.57 Å². The highest BCUT2D eigenvalue weighted by Crippen LogP contribution is 2.24. The van der Waals surface area contributed by atoms with Gasteiger partial charge in [-0.1, -0.05) is 0 Å². The number of pyridine rings is 1. The van der Waals surface area contributed by atoms with Gasteiger partial charge in [-0.15, -0.1) is 0 Å². The molecule has 152 valence electrons. The fourth-order valence-corrected chi connectivity index (χ4v) is 4.94. The number of hydrogen-bond donors (Lipinski definition) is 0. The van der Waals surface area contributed by atoms with E-state index in [1.54, 1.807) is 41.0 Å². The molecule has 0 aromatic carbocycles. The van der Waals surface area contributed by atoms with Crippen LogP contribution in [0.15, 0.2) is 59.3 Å². The van der Waals surface area contributed by atoms with Gasteiger partial charge in [-0.3, -0.25) is 14.3 Å². The first-order valence-electron chi connectivity index (χ1n) is 9.38. The summed E-state index contributed by atoms with van der Waals surface area (Å²) in [5.41, 5.74) is 1.27. The van der Waals surface area contributed by atoms with E-state index in [2.05, 4.69) is 15.0 Å². The van der Waals surface area contributed by atoms with Gasteiger partial charge >= 0.3 is 0 Å². The highest BCUT2D eigenvalue weighted by atomic mass is 32.2. The molecule has 1 saturated heterocycles. The van der Waals surface area contributed by atoms with Crippen molar-refractivity contribution in [3.63, 3.8) is 0 Å². The molecule has 4 heterocycles. The summed E-state index contributed by atoms with van der Waals surface area (Å²) in [5.74, 6) is 0.217. The van der Waals surface area contributed by atoms with Crippen LogP contribution in [0, 0.1) is 5.92 Å². The first kappa shape index (κ1) is 19.5. The average molecular weight is 414 g/mol. The zero-order chi connectivity index (χ0) is 20.4. The van der Waals surface area contributed by atoms with E-state index in [0.29, 0.717) is 38.2 Å². The van der Waals surface area contributed by atoms with Crippen LogP contribution in [0.5, 0.6) is 0 Å². The van der Waals surface area contributed by atoms with E-state index in [1.807, 2.05) is 6.07 Å². The number of piperidine rings is 1. The predicted molar refractivity (Wildman–Crippen MR) is 106 cm³/mol. The minimum atomic E-state index is -3.57. The van der Waals surface area contributed by atoms with E-state index < -0.39 is 10.0 Å². The molecule has 3 aromatic rings. The summed E-state index contributed by atoms with van der Waals surface area (Å²) in [4.78, 5) is 24.9. The molecule has 0 bridgehead atoms. The monoisotopic (exact) mass is 414 g/mol. The molecular formula is C19H22N6O3S.